The molecule has 1 aromatic rings. The molecular weight excluding hydrogens is 282 g/mol. The Kier molecular flexibility index (Phi) is 5.11. The van der Waals surface area contributed by atoms with E-state index in [9.17, 15) is 9.90 Å². The van der Waals surface area contributed by atoms with E-state index in [2.05, 4.69) is 5.10 Å². The number of likely N-dealkylation sites (tertiary alicyclic amines) is 1. The summed E-state index contributed by atoms with van der Waals surface area (Å²) in [7, 11) is 1.90. The van der Waals surface area contributed by atoms with Crippen molar-refractivity contribution >= 4 is 6.09 Å². The zero-order valence-corrected chi connectivity index (χ0v) is 14.0. The molecule has 0 bridgehead atoms. The fourth-order valence-corrected chi connectivity index (χ4v) is 2.77. The topological polar surface area (TPSA) is 67.6 Å². The van der Waals surface area contributed by atoms with Gasteiger partial charge in [0.25, 0.3) is 0 Å². The van der Waals surface area contributed by atoms with Gasteiger partial charge in [0.1, 0.15) is 5.60 Å². The van der Waals surface area contributed by atoms with Crippen LogP contribution in [0.4, 0.5) is 4.79 Å². The third-order valence-electron chi connectivity index (χ3n) is 4.04. The molecule has 2 heterocycles. The molecule has 1 aromatic heterocycles. The van der Waals surface area contributed by atoms with E-state index in [-0.39, 0.29) is 12.0 Å². The molecule has 1 fully saturated rings. The molecule has 1 N–H and O–H groups in total. The first kappa shape index (κ1) is 16.8. The first-order valence-electron chi connectivity index (χ1n) is 7.89. The maximum Gasteiger partial charge on any atom is 0.410 e. The number of rotatable bonds is 4. The number of aliphatic hydroxyl groups excluding tert-OH is 1. The summed E-state index contributed by atoms with van der Waals surface area (Å²) in [6.07, 6.45) is 3.39. The Balaban J connectivity index is 1.79. The zero-order valence-electron chi connectivity index (χ0n) is 14.0. The summed E-state index contributed by atoms with van der Waals surface area (Å²) in [5, 5.41) is 14.5. The number of amides is 1. The van der Waals surface area contributed by atoms with Crippen molar-refractivity contribution < 1.29 is 14.6 Å². The van der Waals surface area contributed by atoms with Crippen LogP contribution in [0.5, 0.6) is 0 Å². The molecule has 0 aliphatic carbocycles. The molecular formula is C16H27N3O3. The van der Waals surface area contributed by atoms with Gasteiger partial charge in [0, 0.05) is 37.9 Å². The van der Waals surface area contributed by atoms with Crippen LogP contribution in [-0.4, -0.2) is 50.7 Å². The average molecular weight is 309 g/mol. The highest BCUT2D eigenvalue weighted by molar-refractivity contribution is 5.68. The van der Waals surface area contributed by atoms with Crippen LogP contribution >= 0.6 is 0 Å². The lowest BCUT2D eigenvalue weighted by Gasteiger charge is -2.25. The molecule has 1 saturated heterocycles. The van der Waals surface area contributed by atoms with E-state index in [1.807, 2.05) is 38.6 Å². The second kappa shape index (κ2) is 6.69. The number of hydrogen-bond acceptors (Lipinski definition) is 4. The Morgan fingerprint density at radius 1 is 1.55 bits per heavy atom. The standard InChI is InChI=1S/C16H27N3O3/c1-16(2,3)22-15(21)19-10-8-12(11-19)14(20)6-5-13-7-9-17-18(13)4/h7,9,12,14,20H,5-6,8,10-11H2,1-4H3. The van der Waals surface area contributed by atoms with Crippen molar-refractivity contribution in [2.45, 2.75) is 51.7 Å². The number of carbonyl (C=O) groups is 1. The van der Waals surface area contributed by atoms with Crippen LogP contribution in [-0.2, 0) is 18.2 Å². The predicted molar refractivity (Wildman–Crippen MR) is 83.4 cm³/mol. The second-order valence-corrected chi connectivity index (χ2v) is 7.03. The van der Waals surface area contributed by atoms with Crippen molar-refractivity contribution in [3.05, 3.63) is 18.0 Å². The number of carbonyl (C=O) groups excluding carboxylic acids is 1. The van der Waals surface area contributed by atoms with Crippen LogP contribution in [0, 0.1) is 5.92 Å². The smallest absolute Gasteiger partial charge is 0.410 e. The quantitative estimate of drug-likeness (QED) is 0.923. The number of hydrogen-bond donors (Lipinski definition) is 1. The van der Waals surface area contributed by atoms with Crippen molar-refractivity contribution in [1.29, 1.82) is 0 Å². The van der Waals surface area contributed by atoms with Gasteiger partial charge in [-0.2, -0.15) is 5.10 Å². The molecule has 0 aromatic carbocycles. The van der Waals surface area contributed by atoms with Crippen LogP contribution in [0.3, 0.4) is 0 Å². The summed E-state index contributed by atoms with van der Waals surface area (Å²) in [6, 6.07) is 1.97. The van der Waals surface area contributed by atoms with E-state index in [4.69, 9.17) is 4.74 Å². The summed E-state index contributed by atoms with van der Waals surface area (Å²) >= 11 is 0. The molecule has 124 valence electrons. The van der Waals surface area contributed by atoms with Crippen molar-refractivity contribution in [2.75, 3.05) is 13.1 Å². The largest absolute Gasteiger partial charge is 0.444 e. The van der Waals surface area contributed by atoms with Crippen molar-refractivity contribution in [3.63, 3.8) is 0 Å². The van der Waals surface area contributed by atoms with Gasteiger partial charge >= 0.3 is 6.09 Å². The summed E-state index contributed by atoms with van der Waals surface area (Å²) in [6.45, 7) is 6.81. The molecule has 2 unspecified atom stereocenters. The SMILES string of the molecule is Cn1nccc1CCC(O)C1CCN(C(=O)OC(C)(C)C)C1. The molecule has 6 heteroatoms. The van der Waals surface area contributed by atoms with E-state index in [1.54, 1.807) is 11.1 Å². The number of aliphatic hydroxyl groups is 1. The van der Waals surface area contributed by atoms with E-state index in [0.29, 0.717) is 19.5 Å². The number of ether oxygens (including phenoxy) is 1. The summed E-state index contributed by atoms with van der Waals surface area (Å²) in [5.74, 6) is 0.126. The van der Waals surface area contributed by atoms with Gasteiger partial charge in [0.2, 0.25) is 0 Å². The maximum atomic E-state index is 12.0. The minimum atomic E-state index is -0.479. The Morgan fingerprint density at radius 3 is 2.86 bits per heavy atom. The molecule has 1 amide bonds. The first-order valence-corrected chi connectivity index (χ1v) is 7.89. The van der Waals surface area contributed by atoms with Crippen molar-refractivity contribution in [3.8, 4) is 0 Å². The van der Waals surface area contributed by atoms with Gasteiger partial charge in [-0.1, -0.05) is 0 Å². The molecule has 0 saturated carbocycles. The second-order valence-electron chi connectivity index (χ2n) is 7.03. The molecule has 2 atom stereocenters. The molecule has 22 heavy (non-hydrogen) atoms. The summed E-state index contributed by atoms with van der Waals surface area (Å²) in [5.41, 5.74) is 0.633. The van der Waals surface area contributed by atoms with E-state index in [1.165, 1.54) is 0 Å². The highest BCUT2D eigenvalue weighted by Crippen LogP contribution is 2.24. The van der Waals surface area contributed by atoms with Crippen molar-refractivity contribution in [2.24, 2.45) is 13.0 Å². The zero-order chi connectivity index (χ0) is 16.3. The van der Waals surface area contributed by atoms with Gasteiger partial charge in [-0.25, -0.2) is 4.79 Å². The van der Waals surface area contributed by atoms with Crippen molar-refractivity contribution in [1.82, 2.24) is 14.7 Å². The Morgan fingerprint density at radius 2 is 2.27 bits per heavy atom. The van der Waals surface area contributed by atoms with Crippen LogP contribution in [0.2, 0.25) is 0 Å². The average Bonchev–Trinajstić information content (AvgIpc) is 3.03. The lowest BCUT2D eigenvalue weighted by Crippen LogP contribution is -2.36. The summed E-state index contributed by atoms with van der Waals surface area (Å²) in [4.78, 5) is 13.7. The fraction of sp³-hybridized carbons (Fsp3) is 0.750. The third-order valence-corrected chi connectivity index (χ3v) is 4.04. The van der Waals surface area contributed by atoms with Gasteiger partial charge in [0.05, 0.1) is 6.10 Å². The predicted octanol–water partition coefficient (Wildman–Crippen LogP) is 1.97. The highest BCUT2D eigenvalue weighted by atomic mass is 16.6. The molecule has 2 rings (SSSR count). The van der Waals surface area contributed by atoms with Gasteiger partial charge < -0.3 is 14.7 Å². The Bertz CT molecular complexity index is 507. The minimum absolute atomic E-state index is 0.126. The third kappa shape index (κ3) is 4.47. The lowest BCUT2D eigenvalue weighted by molar-refractivity contribution is 0.0266. The van der Waals surface area contributed by atoms with Gasteiger partial charge in [-0.3, -0.25) is 4.68 Å². The van der Waals surface area contributed by atoms with Gasteiger partial charge in [-0.05, 0) is 46.1 Å². The van der Waals surface area contributed by atoms with E-state index >= 15 is 0 Å². The molecule has 0 spiro atoms. The molecule has 6 nitrogen and oxygen atoms in total. The van der Waals surface area contributed by atoms with Gasteiger partial charge in [0.15, 0.2) is 0 Å². The minimum Gasteiger partial charge on any atom is -0.444 e. The Hall–Kier alpha value is -1.56. The van der Waals surface area contributed by atoms with Crippen LogP contribution < -0.4 is 0 Å². The normalized spacial score (nSPS) is 20.2. The molecule has 0 radical (unpaired) electrons. The van der Waals surface area contributed by atoms with Crippen LogP contribution in [0.1, 0.15) is 39.3 Å². The fourth-order valence-electron chi connectivity index (χ4n) is 2.77. The van der Waals surface area contributed by atoms with Crippen LogP contribution in [0.15, 0.2) is 12.3 Å². The number of aryl methyl sites for hydroxylation is 2. The lowest BCUT2D eigenvalue weighted by atomic mass is 9.97. The first-order chi connectivity index (χ1) is 10.3. The number of aromatic nitrogens is 2. The van der Waals surface area contributed by atoms with Gasteiger partial charge in [-0.15, -0.1) is 0 Å². The van der Waals surface area contributed by atoms with E-state index in [0.717, 1.165) is 18.5 Å². The monoisotopic (exact) mass is 309 g/mol. The maximum absolute atomic E-state index is 12.0. The Labute approximate surface area is 132 Å². The summed E-state index contributed by atoms with van der Waals surface area (Å²) < 4.78 is 7.21. The van der Waals surface area contributed by atoms with Crippen LogP contribution in [0.25, 0.3) is 0 Å². The highest BCUT2D eigenvalue weighted by Gasteiger charge is 2.33. The number of nitrogens with zero attached hydrogens (tertiary/aromatic N) is 3. The molecule has 1 aliphatic heterocycles. The van der Waals surface area contributed by atoms with E-state index < -0.39 is 11.7 Å². The molecule has 1 aliphatic rings.